The quantitative estimate of drug-likeness (QED) is 0.740. The molecule has 0 fully saturated rings. The molecule has 1 unspecified atom stereocenters. The van der Waals surface area contributed by atoms with Crippen LogP contribution in [-0.2, 0) is 5.41 Å². The number of aryl methyl sites for hydroxylation is 1. The van der Waals surface area contributed by atoms with Crippen LogP contribution in [0.4, 0.5) is 5.69 Å². The van der Waals surface area contributed by atoms with Crippen molar-refractivity contribution in [3.8, 4) is 0 Å². The third-order valence-electron chi connectivity index (χ3n) is 3.98. The van der Waals surface area contributed by atoms with Crippen LogP contribution in [0.5, 0.6) is 0 Å². The maximum atomic E-state index is 3.64. The smallest absolute Gasteiger partial charge is 0.0511 e. The third kappa shape index (κ3) is 4.10. The highest BCUT2D eigenvalue weighted by atomic mass is 14.9. The predicted octanol–water partition coefficient (Wildman–Crippen LogP) is 5.86. The van der Waals surface area contributed by atoms with Crippen LogP contribution in [0.2, 0.25) is 0 Å². The van der Waals surface area contributed by atoms with Crippen LogP contribution in [0.25, 0.3) is 0 Å². The summed E-state index contributed by atoms with van der Waals surface area (Å²) in [6, 6.07) is 18.0. The van der Waals surface area contributed by atoms with Gasteiger partial charge in [-0.05, 0) is 42.0 Å². The molecule has 0 aliphatic carbocycles. The van der Waals surface area contributed by atoms with E-state index in [0.717, 1.165) is 6.42 Å². The molecular formula is C20H27N. The molecule has 0 aliphatic rings. The maximum absolute atomic E-state index is 3.64. The molecule has 112 valence electrons. The largest absolute Gasteiger partial charge is 0.378 e. The van der Waals surface area contributed by atoms with Gasteiger partial charge in [-0.2, -0.15) is 0 Å². The zero-order valence-corrected chi connectivity index (χ0v) is 13.9. The molecule has 2 aromatic carbocycles. The highest BCUT2D eigenvalue weighted by Gasteiger charge is 2.14. The molecule has 0 saturated carbocycles. The summed E-state index contributed by atoms with van der Waals surface area (Å²) >= 11 is 0. The maximum Gasteiger partial charge on any atom is 0.0511 e. The Hall–Kier alpha value is -1.76. The summed E-state index contributed by atoms with van der Waals surface area (Å²) < 4.78 is 0. The van der Waals surface area contributed by atoms with Crippen molar-refractivity contribution in [2.75, 3.05) is 5.32 Å². The van der Waals surface area contributed by atoms with Crippen LogP contribution in [-0.4, -0.2) is 0 Å². The van der Waals surface area contributed by atoms with Crippen LogP contribution in [0.15, 0.2) is 48.5 Å². The summed E-state index contributed by atoms with van der Waals surface area (Å²) in [6.07, 6.45) is 1.07. The fourth-order valence-corrected chi connectivity index (χ4v) is 2.49. The molecule has 0 bridgehead atoms. The first-order valence-corrected chi connectivity index (χ1v) is 7.84. The predicted molar refractivity (Wildman–Crippen MR) is 93.0 cm³/mol. The standard InChI is InChI=1S/C20H27N/c1-6-19(16-9-7-15(2)8-10-16)21-18-13-11-17(12-14-18)20(3,4)5/h7-14,19,21H,6H2,1-5H3. The summed E-state index contributed by atoms with van der Waals surface area (Å²) in [5.74, 6) is 0. The summed E-state index contributed by atoms with van der Waals surface area (Å²) in [6.45, 7) is 11.1. The van der Waals surface area contributed by atoms with E-state index in [1.165, 1.54) is 22.4 Å². The Labute approximate surface area is 129 Å². The highest BCUT2D eigenvalue weighted by Crippen LogP contribution is 2.26. The molecule has 21 heavy (non-hydrogen) atoms. The monoisotopic (exact) mass is 281 g/mol. The van der Waals surface area contributed by atoms with Gasteiger partial charge < -0.3 is 5.32 Å². The lowest BCUT2D eigenvalue weighted by Crippen LogP contribution is -2.12. The number of rotatable bonds is 4. The Morgan fingerprint density at radius 2 is 1.48 bits per heavy atom. The van der Waals surface area contributed by atoms with Crippen LogP contribution in [0, 0.1) is 6.92 Å². The molecule has 0 aliphatic heterocycles. The van der Waals surface area contributed by atoms with Gasteiger partial charge >= 0.3 is 0 Å². The van der Waals surface area contributed by atoms with Gasteiger partial charge in [0.25, 0.3) is 0 Å². The molecule has 1 nitrogen and oxygen atoms in total. The molecule has 2 rings (SSSR count). The Kier molecular flexibility index (Phi) is 4.72. The van der Waals surface area contributed by atoms with E-state index in [-0.39, 0.29) is 5.41 Å². The van der Waals surface area contributed by atoms with Crippen molar-refractivity contribution < 1.29 is 0 Å². The van der Waals surface area contributed by atoms with Crippen LogP contribution in [0.3, 0.4) is 0 Å². The second kappa shape index (κ2) is 6.34. The van der Waals surface area contributed by atoms with E-state index < -0.39 is 0 Å². The van der Waals surface area contributed by atoms with E-state index in [1.807, 2.05) is 0 Å². The summed E-state index contributed by atoms with van der Waals surface area (Å²) in [7, 11) is 0. The van der Waals surface area contributed by atoms with Crippen molar-refractivity contribution in [3.05, 3.63) is 65.2 Å². The lowest BCUT2D eigenvalue weighted by molar-refractivity contribution is 0.590. The molecule has 0 saturated heterocycles. The minimum absolute atomic E-state index is 0.208. The molecule has 0 radical (unpaired) electrons. The molecule has 2 aromatic rings. The van der Waals surface area contributed by atoms with Crippen LogP contribution < -0.4 is 5.32 Å². The molecule has 0 aromatic heterocycles. The van der Waals surface area contributed by atoms with E-state index in [2.05, 4.69) is 88.5 Å². The zero-order chi connectivity index (χ0) is 15.5. The van der Waals surface area contributed by atoms with Gasteiger partial charge in [0, 0.05) is 5.69 Å². The van der Waals surface area contributed by atoms with Gasteiger partial charge in [0.15, 0.2) is 0 Å². The average Bonchev–Trinajstić information content (AvgIpc) is 2.45. The Balaban J connectivity index is 2.13. The van der Waals surface area contributed by atoms with E-state index in [0.29, 0.717) is 6.04 Å². The first kappa shape index (κ1) is 15.6. The van der Waals surface area contributed by atoms with E-state index >= 15 is 0 Å². The molecule has 0 heterocycles. The lowest BCUT2D eigenvalue weighted by atomic mass is 9.87. The van der Waals surface area contributed by atoms with Gasteiger partial charge in [-0.3, -0.25) is 0 Å². The summed E-state index contributed by atoms with van der Waals surface area (Å²) in [4.78, 5) is 0. The van der Waals surface area contributed by atoms with Gasteiger partial charge in [-0.25, -0.2) is 0 Å². The summed E-state index contributed by atoms with van der Waals surface area (Å²) in [5, 5.41) is 3.64. The lowest BCUT2D eigenvalue weighted by Gasteiger charge is -2.22. The zero-order valence-electron chi connectivity index (χ0n) is 13.9. The highest BCUT2D eigenvalue weighted by molar-refractivity contribution is 5.48. The van der Waals surface area contributed by atoms with Crippen molar-refractivity contribution in [1.82, 2.24) is 0 Å². The first-order valence-electron chi connectivity index (χ1n) is 7.84. The topological polar surface area (TPSA) is 12.0 Å². The van der Waals surface area contributed by atoms with Crippen molar-refractivity contribution in [1.29, 1.82) is 0 Å². The van der Waals surface area contributed by atoms with Gasteiger partial charge in [-0.15, -0.1) is 0 Å². The van der Waals surface area contributed by atoms with Crippen molar-refractivity contribution in [2.45, 2.75) is 52.5 Å². The van der Waals surface area contributed by atoms with Crippen LogP contribution in [0.1, 0.15) is 56.8 Å². The van der Waals surface area contributed by atoms with Gasteiger partial charge in [-0.1, -0.05) is 69.7 Å². The first-order chi connectivity index (χ1) is 9.90. The average molecular weight is 281 g/mol. The van der Waals surface area contributed by atoms with Crippen molar-refractivity contribution in [2.24, 2.45) is 0 Å². The van der Waals surface area contributed by atoms with Crippen molar-refractivity contribution in [3.63, 3.8) is 0 Å². The Morgan fingerprint density at radius 3 is 1.95 bits per heavy atom. The Morgan fingerprint density at radius 1 is 0.905 bits per heavy atom. The number of nitrogens with one attached hydrogen (secondary N) is 1. The molecule has 0 spiro atoms. The van der Waals surface area contributed by atoms with E-state index in [1.54, 1.807) is 0 Å². The third-order valence-corrected chi connectivity index (χ3v) is 3.98. The second-order valence-corrected chi connectivity index (χ2v) is 6.84. The van der Waals surface area contributed by atoms with Crippen molar-refractivity contribution >= 4 is 5.69 Å². The van der Waals surface area contributed by atoms with E-state index in [9.17, 15) is 0 Å². The SMILES string of the molecule is CCC(Nc1ccc(C(C)(C)C)cc1)c1ccc(C)cc1. The molecule has 1 heteroatoms. The van der Waals surface area contributed by atoms with Gasteiger partial charge in [0.2, 0.25) is 0 Å². The molecule has 0 amide bonds. The molecule has 1 N–H and O–H groups in total. The minimum atomic E-state index is 0.208. The number of hydrogen-bond acceptors (Lipinski definition) is 1. The van der Waals surface area contributed by atoms with Gasteiger partial charge in [0.05, 0.1) is 6.04 Å². The second-order valence-electron chi connectivity index (χ2n) is 6.84. The number of hydrogen-bond donors (Lipinski definition) is 1. The minimum Gasteiger partial charge on any atom is -0.378 e. The molecular weight excluding hydrogens is 254 g/mol. The number of anilines is 1. The normalized spacial score (nSPS) is 13.0. The summed E-state index contributed by atoms with van der Waals surface area (Å²) in [5.41, 5.74) is 5.43. The van der Waals surface area contributed by atoms with E-state index in [4.69, 9.17) is 0 Å². The molecule has 1 atom stereocenters. The fraction of sp³-hybridized carbons (Fsp3) is 0.400. The Bertz CT molecular complexity index is 558. The fourth-order valence-electron chi connectivity index (χ4n) is 2.49. The number of benzene rings is 2. The van der Waals surface area contributed by atoms with Gasteiger partial charge in [0.1, 0.15) is 0 Å². The van der Waals surface area contributed by atoms with Crippen LogP contribution >= 0.6 is 0 Å².